The van der Waals surface area contributed by atoms with Crippen LogP contribution in [0.4, 0.5) is 10.5 Å². The van der Waals surface area contributed by atoms with Gasteiger partial charge in [-0.2, -0.15) is 0 Å². The van der Waals surface area contributed by atoms with Gasteiger partial charge in [0.2, 0.25) is 0 Å². The first-order valence-electron chi connectivity index (χ1n) is 5.82. The van der Waals surface area contributed by atoms with Crippen LogP contribution in [0.15, 0.2) is 12.1 Å². The first-order chi connectivity index (χ1) is 8.58. The average molecular weight is 289 g/mol. The molecule has 1 aromatic rings. The maximum absolute atomic E-state index is 11.9. The summed E-state index contributed by atoms with van der Waals surface area (Å²) < 4.78 is 0. The maximum atomic E-state index is 11.9. The second-order valence-electron chi connectivity index (χ2n) is 4.27. The molecular formula is C12H14Cl2N2O2. The molecule has 1 fully saturated rings. The zero-order valence-corrected chi connectivity index (χ0v) is 11.3. The number of carbonyl (C=O) groups excluding carboxylic acids is 1. The summed E-state index contributed by atoms with van der Waals surface area (Å²) in [6, 6.07) is 2.79. The van der Waals surface area contributed by atoms with E-state index in [1.165, 1.54) is 18.6 Å². The van der Waals surface area contributed by atoms with Crippen molar-refractivity contribution >= 4 is 34.9 Å². The summed E-state index contributed by atoms with van der Waals surface area (Å²) in [5.74, 6) is -0.172. The molecule has 98 valence electrons. The van der Waals surface area contributed by atoms with E-state index in [2.05, 4.69) is 5.32 Å². The minimum atomic E-state index is -0.172. The number of phenols is 1. The molecule has 1 aromatic carbocycles. The largest absolute Gasteiger partial charge is 0.505 e. The topological polar surface area (TPSA) is 52.6 Å². The Morgan fingerprint density at radius 2 is 1.72 bits per heavy atom. The van der Waals surface area contributed by atoms with Gasteiger partial charge in [-0.05, 0) is 31.4 Å². The molecule has 2 amide bonds. The number of anilines is 1. The number of nitrogens with zero attached hydrogens (tertiary/aromatic N) is 1. The molecule has 4 nitrogen and oxygen atoms in total. The van der Waals surface area contributed by atoms with Gasteiger partial charge in [-0.3, -0.25) is 0 Å². The van der Waals surface area contributed by atoms with Crippen molar-refractivity contribution in [2.75, 3.05) is 18.4 Å². The van der Waals surface area contributed by atoms with E-state index < -0.39 is 0 Å². The van der Waals surface area contributed by atoms with Crippen molar-refractivity contribution in [2.24, 2.45) is 0 Å². The minimum absolute atomic E-state index is 0.122. The molecule has 1 aliphatic heterocycles. The van der Waals surface area contributed by atoms with Gasteiger partial charge in [0.1, 0.15) is 0 Å². The molecule has 0 unspecified atom stereocenters. The second kappa shape index (κ2) is 5.67. The molecule has 1 heterocycles. The van der Waals surface area contributed by atoms with E-state index in [0.717, 1.165) is 25.9 Å². The molecule has 0 bridgehead atoms. The number of urea groups is 1. The molecule has 0 radical (unpaired) electrons. The van der Waals surface area contributed by atoms with Crippen molar-refractivity contribution in [1.29, 1.82) is 0 Å². The highest BCUT2D eigenvalue weighted by molar-refractivity contribution is 6.37. The predicted molar refractivity (Wildman–Crippen MR) is 72.6 cm³/mol. The lowest BCUT2D eigenvalue weighted by Gasteiger charge is -2.26. The first kappa shape index (κ1) is 13.3. The van der Waals surface area contributed by atoms with Crippen LogP contribution in [0.3, 0.4) is 0 Å². The van der Waals surface area contributed by atoms with Gasteiger partial charge in [-0.15, -0.1) is 0 Å². The Morgan fingerprint density at radius 1 is 1.17 bits per heavy atom. The molecule has 6 heteroatoms. The fourth-order valence-electron chi connectivity index (χ4n) is 1.94. The van der Waals surface area contributed by atoms with E-state index in [4.69, 9.17) is 23.2 Å². The third kappa shape index (κ3) is 3.00. The van der Waals surface area contributed by atoms with E-state index in [9.17, 15) is 9.90 Å². The van der Waals surface area contributed by atoms with Crippen molar-refractivity contribution in [3.63, 3.8) is 0 Å². The predicted octanol–water partition coefficient (Wildman–Crippen LogP) is 3.72. The first-order valence-corrected chi connectivity index (χ1v) is 6.57. The SMILES string of the molecule is O=C(Nc1cc(Cl)c(O)c(Cl)c1)N1CCCCC1. The number of carbonyl (C=O) groups is 1. The highest BCUT2D eigenvalue weighted by Gasteiger charge is 2.17. The van der Waals surface area contributed by atoms with Gasteiger partial charge in [0, 0.05) is 18.8 Å². The molecule has 0 aromatic heterocycles. The van der Waals surface area contributed by atoms with Crippen molar-refractivity contribution in [1.82, 2.24) is 4.90 Å². The minimum Gasteiger partial charge on any atom is -0.505 e. The Kier molecular flexibility index (Phi) is 4.19. The molecular weight excluding hydrogens is 275 g/mol. The standard InChI is InChI=1S/C12H14Cl2N2O2/c13-9-6-8(7-10(14)11(9)17)15-12(18)16-4-2-1-3-5-16/h6-7,17H,1-5H2,(H,15,18). The molecule has 1 aliphatic rings. The number of nitrogens with one attached hydrogen (secondary N) is 1. The van der Waals surface area contributed by atoms with Crippen LogP contribution in [0.2, 0.25) is 10.0 Å². The van der Waals surface area contributed by atoms with Crippen molar-refractivity contribution in [3.05, 3.63) is 22.2 Å². The Bertz CT molecular complexity index is 436. The zero-order chi connectivity index (χ0) is 13.1. The van der Waals surface area contributed by atoms with E-state index in [-0.39, 0.29) is 21.8 Å². The quantitative estimate of drug-likeness (QED) is 0.774. The van der Waals surface area contributed by atoms with Crippen LogP contribution in [-0.2, 0) is 0 Å². The highest BCUT2D eigenvalue weighted by Crippen LogP contribution is 2.34. The molecule has 2 rings (SSSR count). The average Bonchev–Trinajstić information content (AvgIpc) is 2.37. The number of halogens is 2. The van der Waals surface area contributed by atoms with Crippen LogP contribution in [0.1, 0.15) is 19.3 Å². The van der Waals surface area contributed by atoms with Crippen molar-refractivity contribution < 1.29 is 9.90 Å². The molecule has 0 atom stereocenters. The van der Waals surface area contributed by atoms with Crippen LogP contribution in [-0.4, -0.2) is 29.1 Å². The molecule has 18 heavy (non-hydrogen) atoms. The van der Waals surface area contributed by atoms with Gasteiger partial charge in [-0.1, -0.05) is 23.2 Å². The third-order valence-corrected chi connectivity index (χ3v) is 3.49. The monoisotopic (exact) mass is 288 g/mol. The Hall–Kier alpha value is -1.13. The van der Waals surface area contributed by atoms with Crippen LogP contribution in [0, 0.1) is 0 Å². The highest BCUT2D eigenvalue weighted by atomic mass is 35.5. The summed E-state index contributed by atoms with van der Waals surface area (Å²) >= 11 is 11.6. The number of hydrogen-bond donors (Lipinski definition) is 2. The Labute approximate surface area is 115 Å². The summed E-state index contributed by atoms with van der Waals surface area (Å²) in [5, 5.41) is 12.4. The van der Waals surface area contributed by atoms with E-state index >= 15 is 0 Å². The Morgan fingerprint density at radius 3 is 2.28 bits per heavy atom. The fraction of sp³-hybridized carbons (Fsp3) is 0.417. The molecule has 0 spiro atoms. The summed E-state index contributed by atoms with van der Waals surface area (Å²) in [5.41, 5.74) is 0.485. The molecule has 0 aliphatic carbocycles. The second-order valence-corrected chi connectivity index (χ2v) is 5.08. The molecule has 1 saturated heterocycles. The number of piperidine rings is 1. The van der Waals surface area contributed by atoms with Gasteiger partial charge in [0.25, 0.3) is 0 Å². The lowest BCUT2D eigenvalue weighted by atomic mass is 10.1. The molecule has 2 N–H and O–H groups in total. The van der Waals surface area contributed by atoms with Gasteiger partial charge < -0.3 is 15.3 Å². The number of aromatic hydroxyl groups is 1. The van der Waals surface area contributed by atoms with Gasteiger partial charge in [0.15, 0.2) is 5.75 Å². The van der Waals surface area contributed by atoms with Gasteiger partial charge >= 0.3 is 6.03 Å². The maximum Gasteiger partial charge on any atom is 0.321 e. The number of benzene rings is 1. The number of likely N-dealkylation sites (tertiary alicyclic amines) is 1. The van der Waals surface area contributed by atoms with Crippen LogP contribution < -0.4 is 5.32 Å². The lowest BCUT2D eigenvalue weighted by Crippen LogP contribution is -2.38. The van der Waals surface area contributed by atoms with E-state index in [1.807, 2.05) is 0 Å². The van der Waals surface area contributed by atoms with Crippen LogP contribution >= 0.6 is 23.2 Å². The summed E-state index contributed by atoms with van der Waals surface area (Å²) in [6.07, 6.45) is 3.23. The number of amides is 2. The smallest absolute Gasteiger partial charge is 0.321 e. The van der Waals surface area contributed by atoms with Crippen LogP contribution in [0.25, 0.3) is 0 Å². The summed E-state index contributed by atoms with van der Waals surface area (Å²) in [4.78, 5) is 13.7. The van der Waals surface area contributed by atoms with Gasteiger partial charge in [0.05, 0.1) is 10.0 Å². The normalized spacial score (nSPS) is 15.6. The third-order valence-electron chi connectivity index (χ3n) is 2.91. The summed E-state index contributed by atoms with van der Waals surface area (Å²) in [7, 11) is 0. The number of rotatable bonds is 1. The van der Waals surface area contributed by atoms with Crippen LogP contribution in [0.5, 0.6) is 5.75 Å². The van der Waals surface area contributed by atoms with Crippen molar-refractivity contribution in [3.8, 4) is 5.75 Å². The molecule has 0 saturated carbocycles. The van der Waals surface area contributed by atoms with E-state index in [1.54, 1.807) is 4.90 Å². The van der Waals surface area contributed by atoms with Gasteiger partial charge in [-0.25, -0.2) is 4.79 Å². The Balaban J connectivity index is 2.06. The number of phenolic OH excluding ortho intramolecular Hbond substituents is 1. The fourth-order valence-corrected chi connectivity index (χ4v) is 2.42. The zero-order valence-electron chi connectivity index (χ0n) is 9.75. The number of hydrogen-bond acceptors (Lipinski definition) is 2. The van der Waals surface area contributed by atoms with E-state index in [0.29, 0.717) is 5.69 Å². The van der Waals surface area contributed by atoms with Crippen molar-refractivity contribution in [2.45, 2.75) is 19.3 Å². The lowest BCUT2D eigenvalue weighted by molar-refractivity contribution is 0.200. The summed E-state index contributed by atoms with van der Waals surface area (Å²) in [6.45, 7) is 1.54.